The molecule has 0 aromatic heterocycles. The summed E-state index contributed by atoms with van der Waals surface area (Å²) in [4.78, 5) is 12.0. The molecule has 0 fully saturated rings. The van der Waals surface area contributed by atoms with Gasteiger partial charge >= 0.3 is 0 Å². The minimum atomic E-state index is -1.43. The number of hydrogen-bond donors (Lipinski definition) is 2. The molecule has 0 spiro atoms. The van der Waals surface area contributed by atoms with E-state index >= 15 is 0 Å². The number of hydrogen-bond acceptors (Lipinski definition) is 6. The van der Waals surface area contributed by atoms with Crippen LogP contribution in [0.25, 0.3) is 12.2 Å². The minimum Gasteiger partial charge on any atom is -0.612 e. The van der Waals surface area contributed by atoms with E-state index in [1.54, 1.807) is 48.6 Å². The molecule has 0 aliphatic heterocycles. The molecular formula is C20H22N2O4S. The van der Waals surface area contributed by atoms with Crippen molar-refractivity contribution in [3.8, 4) is 11.5 Å². The van der Waals surface area contributed by atoms with E-state index in [9.17, 15) is 9.35 Å². The first kappa shape index (κ1) is 20.4. The molecule has 0 aliphatic carbocycles. The third-order valence-electron chi connectivity index (χ3n) is 3.67. The minimum absolute atomic E-state index is 0.107. The zero-order valence-corrected chi connectivity index (χ0v) is 16.0. The van der Waals surface area contributed by atoms with Gasteiger partial charge in [0.05, 0.1) is 25.6 Å². The van der Waals surface area contributed by atoms with Crippen molar-refractivity contribution in [2.24, 2.45) is 0 Å². The summed E-state index contributed by atoms with van der Waals surface area (Å²) in [6.07, 6.45) is 4.68. The number of methoxy groups -OCH3 is 2. The van der Waals surface area contributed by atoms with Gasteiger partial charge in [0, 0.05) is 0 Å². The van der Waals surface area contributed by atoms with Gasteiger partial charge in [0.25, 0.3) is 0 Å². The fourth-order valence-electron chi connectivity index (χ4n) is 2.29. The van der Waals surface area contributed by atoms with Crippen LogP contribution < -0.4 is 20.9 Å². The maximum Gasteiger partial charge on any atom is 0.205 e. The van der Waals surface area contributed by atoms with Crippen LogP contribution in [0.2, 0.25) is 0 Å². The number of ether oxygens (including phenoxy) is 2. The molecule has 27 heavy (non-hydrogen) atoms. The van der Waals surface area contributed by atoms with Crippen LogP contribution in [0.5, 0.6) is 11.5 Å². The highest BCUT2D eigenvalue weighted by Crippen LogP contribution is 2.23. The van der Waals surface area contributed by atoms with Crippen LogP contribution in [0, 0.1) is 0 Å². The maximum atomic E-state index is 12.1. The number of ketones is 1. The molecule has 0 bridgehead atoms. The van der Waals surface area contributed by atoms with Crippen molar-refractivity contribution in [2.45, 2.75) is 0 Å². The molecule has 4 N–H and O–H groups in total. The van der Waals surface area contributed by atoms with Gasteiger partial charge in [-0.3, -0.25) is 4.79 Å². The van der Waals surface area contributed by atoms with Gasteiger partial charge in [-0.05, 0) is 58.7 Å². The highest BCUT2D eigenvalue weighted by atomic mass is 32.2. The van der Waals surface area contributed by atoms with Gasteiger partial charge < -0.3 is 25.5 Å². The zero-order chi connectivity index (χ0) is 19.8. The summed E-state index contributed by atoms with van der Waals surface area (Å²) in [7, 11) is 3.07. The average Bonchev–Trinajstić information content (AvgIpc) is 2.65. The van der Waals surface area contributed by atoms with Crippen molar-refractivity contribution in [3.63, 3.8) is 0 Å². The largest absolute Gasteiger partial charge is 0.612 e. The van der Waals surface area contributed by atoms with Crippen LogP contribution in [0.15, 0.2) is 47.9 Å². The van der Waals surface area contributed by atoms with Crippen LogP contribution in [-0.4, -0.2) is 30.3 Å². The third-order valence-corrected chi connectivity index (χ3v) is 4.67. The van der Waals surface area contributed by atoms with Crippen molar-refractivity contribution >= 4 is 40.5 Å². The number of carbonyl (C=O) groups is 1. The Labute approximate surface area is 161 Å². The number of nitrogen functional groups attached to an aromatic ring is 2. The molecule has 2 aromatic carbocycles. The maximum absolute atomic E-state index is 12.1. The second-order valence-corrected chi connectivity index (χ2v) is 6.95. The summed E-state index contributed by atoms with van der Waals surface area (Å²) in [5.74, 6) is 0.794. The van der Waals surface area contributed by atoms with E-state index in [4.69, 9.17) is 20.9 Å². The second kappa shape index (κ2) is 9.70. The molecular weight excluding hydrogens is 364 g/mol. The molecule has 0 saturated heterocycles. The molecule has 6 nitrogen and oxygen atoms in total. The molecule has 1 atom stereocenters. The first-order valence-electron chi connectivity index (χ1n) is 8.06. The summed E-state index contributed by atoms with van der Waals surface area (Å²) in [6.45, 7) is 0. The lowest BCUT2D eigenvalue weighted by Crippen LogP contribution is -2.11. The van der Waals surface area contributed by atoms with Crippen LogP contribution in [-0.2, 0) is 16.0 Å². The van der Waals surface area contributed by atoms with Gasteiger partial charge in [0.2, 0.25) is 5.78 Å². The normalized spacial score (nSPS) is 12.4. The molecule has 2 aromatic rings. The SMILES string of the molecule is COc1ccc(C=C[S+]([O-])CC(=O)/C=C/c2ccc(OC)c(N)c2)cc1N. The van der Waals surface area contributed by atoms with Crippen molar-refractivity contribution in [2.75, 3.05) is 31.4 Å². The quantitative estimate of drug-likeness (QED) is 0.410. The summed E-state index contributed by atoms with van der Waals surface area (Å²) < 4.78 is 22.2. The summed E-state index contributed by atoms with van der Waals surface area (Å²) in [5.41, 5.74) is 14.2. The average molecular weight is 386 g/mol. The highest BCUT2D eigenvalue weighted by molar-refractivity contribution is 7.95. The molecule has 2 rings (SSSR count). The molecule has 1 unspecified atom stereocenters. The Kier molecular flexibility index (Phi) is 7.34. The second-order valence-electron chi connectivity index (χ2n) is 5.63. The van der Waals surface area contributed by atoms with Crippen molar-refractivity contribution in [1.29, 1.82) is 0 Å². The van der Waals surface area contributed by atoms with Gasteiger partial charge in [-0.2, -0.15) is 0 Å². The molecule has 0 amide bonds. The van der Waals surface area contributed by atoms with E-state index in [2.05, 4.69) is 0 Å². The monoisotopic (exact) mass is 386 g/mol. The van der Waals surface area contributed by atoms with Gasteiger partial charge in [0.15, 0.2) is 5.75 Å². The smallest absolute Gasteiger partial charge is 0.205 e. The fourth-order valence-corrected chi connectivity index (χ4v) is 3.07. The molecule has 142 valence electrons. The number of allylic oxidation sites excluding steroid dienone is 1. The number of carbonyl (C=O) groups excluding carboxylic acids is 1. The molecule has 0 saturated carbocycles. The lowest BCUT2D eigenvalue weighted by Gasteiger charge is -2.06. The van der Waals surface area contributed by atoms with E-state index in [1.165, 1.54) is 25.7 Å². The number of rotatable bonds is 8. The first-order valence-corrected chi connectivity index (χ1v) is 9.44. The van der Waals surface area contributed by atoms with Crippen molar-refractivity contribution in [1.82, 2.24) is 0 Å². The Morgan fingerprint density at radius 2 is 1.52 bits per heavy atom. The number of anilines is 2. The topological polar surface area (TPSA) is 111 Å². The van der Waals surface area contributed by atoms with E-state index < -0.39 is 11.2 Å². The highest BCUT2D eigenvalue weighted by Gasteiger charge is 2.08. The van der Waals surface area contributed by atoms with Crippen LogP contribution >= 0.6 is 0 Å². The van der Waals surface area contributed by atoms with Gasteiger partial charge in [-0.15, -0.1) is 0 Å². The van der Waals surface area contributed by atoms with Gasteiger partial charge in [-0.1, -0.05) is 18.2 Å². The predicted octanol–water partition coefficient (Wildman–Crippen LogP) is 2.87. The van der Waals surface area contributed by atoms with Crippen molar-refractivity contribution in [3.05, 3.63) is 59.0 Å². The lowest BCUT2D eigenvalue weighted by atomic mass is 10.1. The number of nitrogens with two attached hydrogens (primary N) is 2. The Hall–Kier alpha value is -2.90. The molecule has 7 heteroatoms. The summed E-state index contributed by atoms with van der Waals surface area (Å²) in [5, 5.41) is 1.47. The Morgan fingerprint density at radius 3 is 2.00 bits per heavy atom. The van der Waals surface area contributed by atoms with Crippen LogP contribution in [0.1, 0.15) is 11.1 Å². The van der Waals surface area contributed by atoms with Crippen LogP contribution in [0.4, 0.5) is 11.4 Å². The van der Waals surface area contributed by atoms with Gasteiger partial charge in [-0.25, -0.2) is 0 Å². The summed E-state index contributed by atoms with van der Waals surface area (Å²) in [6, 6.07) is 10.4. The Bertz CT molecular complexity index is 865. The van der Waals surface area contributed by atoms with Crippen LogP contribution in [0.3, 0.4) is 0 Å². The standard InChI is InChI=1S/C20H22N2O4S/c1-25-19-7-4-14(11-17(19)21)3-6-16(23)13-27(24)10-9-15-5-8-20(26-2)18(22)12-15/h3-12H,13,21-22H2,1-2H3/b6-3+,10-9?. The Morgan fingerprint density at radius 1 is 1.00 bits per heavy atom. The summed E-state index contributed by atoms with van der Waals surface area (Å²) >= 11 is -1.43. The Balaban J connectivity index is 1.93. The molecule has 0 aliphatic rings. The zero-order valence-electron chi connectivity index (χ0n) is 15.2. The van der Waals surface area contributed by atoms with Gasteiger partial charge in [0.1, 0.15) is 16.9 Å². The lowest BCUT2D eigenvalue weighted by molar-refractivity contribution is -0.112. The van der Waals surface area contributed by atoms with E-state index in [-0.39, 0.29) is 11.5 Å². The molecule has 0 heterocycles. The van der Waals surface area contributed by atoms with E-state index in [1.807, 2.05) is 0 Å². The van der Waals surface area contributed by atoms with Crippen molar-refractivity contribution < 1.29 is 18.8 Å². The predicted molar refractivity (Wildman–Crippen MR) is 111 cm³/mol. The molecule has 0 radical (unpaired) electrons. The number of benzene rings is 2. The third kappa shape index (κ3) is 6.09. The van der Waals surface area contributed by atoms with E-state index in [0.717, 1.165) is 11.1 Å². The fraction of sp³-hybridized carbons (Fsp3) is 0.150. The first-order chi connectivity index (χ1) is 12.9. The van der Waals surface area contributed by atoms with E-state index in [0.29, 0.717) is 22.9 Å².